The van der Waals surface area contributed by atoms with E-state index < -0.39 is 0 Å². The van der Waals surface area contributed by atoms with Crippen molar-refractivity contribution in [3.8, 4) is 0 Å². The highest BCUT2D eigenvalue weighted by atomic mass is 32.1. The predicted octanol–water partition coefficient (Wildman–Crippen LogP) is 2.96. The maximum Gasteiger partial charge on any atom is 0.237 e. The molecule has 0 radical (unpaired) electrons. The van der Waals surface area contributed by atoms with Crippen molar-refractivity contribution in [3.63, 3.8) is 0 Å². The van der Waals surface area contributed by atoms with Crippen LogP contribution in [0.5, 0.6) is 0 Å². The molecular formula is C13H16N2O2S. The summed E-state index contributed by atoms with van der Waals surface area (Å²) in [4.78, 5) is 5.81. The average molecular weight is 264 g/mol. The van der Waals surface area contributed by atoms with Gasteiger partial charge in [-0.2, -0.15) is 4.98 Å². The van der Waals surface area contributed by atoms with Crippen LogP contribution in [-0.4, -0.2) is 23.4 Å². The van der Waals surface area contributed by atoms with Gasteiger partial charge in [-0.1, -0.05) is 11.2 Å². The molecule has 3 heterocycles. The normalized spacial score (nSPS) is 20.4. The van der Waals surface area contributed by atoms with Crippen LogP contribution in [0.2, 0.25) is 0 Å². The highest BCUT2D eigenvalue weighted by Gasteiger charge is 2.32. The lowest BCUT2D eigenvalue weighted by Crippen LogP contribution is -2.18. The van der Waals surface area contributed by atoms with Gasteiger partial charge in [0.25, 0.3) is 0 Å². The summed E-state index contributed by atoms with van der Waals surface area (Å²) >= 11 is 1.71. The lowest BCUT2D eigenvalue weighted by molar-refractivity contribution is 0.192. The Bertz CT molecular complexity index is 513. The molecule has 18 heavy (non-hydrogen) atoms. The van der Waals surface area contributed by atoms with Crippen molar-refractivity contribution in [3.05, 3.63) is 34.1 Å². The first-order valence-corrected chi connectivity index (χ1v) is 7.01. The lowest BCUT2D eigenvalue weighted by Gasteiger charge is -2.17. The van der Waals surface area contributed by atoms with Crippen LogP contribution in [0.25, 0.3) is 0 Å². The van der Waals surface area contributed by atoms with E-state index in [1.54, 1.807) is 11.3 Å². The van der Waals surface area contributed by atoms with E-state index in [1.165, 1.54) is 4.88 Å². The molecule has 96 valence electrons. The molecule has 5 heteroatoms. The summed E-state index contributed by atoms with van der Waals surface area (Å²) in [6.07, 6.45) is 0.985. The maximum absolute atomic E-state index is 5.46. The first-order valence-electron chi connectivity index (χ1n) is 6.14. The molecule has 0 aromatic carbocycles. The van der Waals surface area contributed by atoms with Crippen molar-refractivity contribution >= 4 is 11.3 Å². The molecule has 1 aliphatic heterocycles. The first kappa shape index (κ1) is 11.9. The van der Waals surface area contributed by atoms with E-state index in [0.29, 0.717) is 18.4 Å². The summed E-state index contributed by atoms with van der Waals surface area (Å²) in [5, 5.41) is 6.18. The van der Waals surface area contributed by atoms with Crippen LogP contribution >= 0.6 is 11.3 Å². The second kappa shape index (κ2) is 4.48. The summed E-state index contributed by atoms with van der Waals surface area (Å²) < 4.78 is 10.8. The Morgan fingerprint density at radius 1 is 1.44 bits per heavy atom. The fraction of sp³-hybridized carbons (Fsp3) is 0.538. The van der Waals surface area contributed by atoms with Crippen LogP contribution in [0.3, 0.4) is 0 Å². The SMILES string of the molecule is CC(C)(c1nc([C@@H]2CCOC2)no1)c1cccs1. The quantitative estimate of drug-likeness (QED) is 0.855. The van der Waals surface area contributed by atoms with E-state index >= 15 is 0 Å². The van der Waals surface area contributed by atoms with Crippen LogP contribution in [0.4, 0.5) is 0 Å². The largest absolute Gasteiger partial charge is 0.381 e. The number of rotatable bonds is 3. The van der Waals surface area contributed by atoms with E-state index in [2.05, 4.69) is 35.4 Å². The van der Waals surface area contributed by atoms with Crippen molar-refractivity contribution in [1.29, 1.82) is 0 Å². The summed E-state index contributed by atoms with van der Waals surface area (Å²) in [7, 11) is 0. The standard InChI is InChI=1S/C13H16N2O2S/c1-13(2,10-4-3-7-18-10)12-14-11(15-17-12)9-5-6-16-8-9/h3-4,7,9H,5-6,8H2,1-2H3/t9-/m1/s1. The van der Waals surface area contributed by atoms with Gasteiger partial charge < -0.3 is 9.26 Å². The van der Waals surface area contributed by atoms with E-state index in [1.807, 2.05) is 6.07 Å². The fourth-order valence-corrected chi connectivity index (χ4v) is 2.98. The topological polar surface area (TPSA) is 48.2 Å². The van der Waals surface area contributed by atoms with Crippen LogP contribution in [0.1, 0.15) is 42.8 Å². The minimum Gasteiger partial charge on any atom is -0.381 e. The summed E-state index contributed by atoms with van der Waals surface area (Å²) in [5.41, 5.74) is -0.223. The van der Waals surface area contributed by atoms with Crippen molar-refractivity contribution in [2.75, 3.05) is 13.2 Å². The summed E-state index contributed by atoms with van der Waals surface area (Å²) in [6.45, 7) is 5.73. The lowest BCUT2D eigenvalue weighted by atomic mass is 9.91. The van der Waals surface area contributed by atoms with Gasteiger partial charge >= 0.3 is 0 Å². The number of aromatic nitrogens is 2. The number of nitrogens with zero attached hydrogens (tertiary/aromatic N) is 2. The molecule has 1 atom stereocenters. The minimum atomic E-state index is -0.223. The van der Waals surface area contributed by atoms with Gasteiger partial charge in [0.2, 0.25) is 5.89 Å². The van der Waals surface area contributed by atoms with Gasteiger partial charge in [-0.3, -0.25) is 0 Å². The molecule has 4 nitrogen and oxygen atoms in total. The van der Waals surface area contributed by atoms with Gasteiger partial charge in [-0.05, 0) is 31.7 Å². The van der Waals surface area contributed by atoms with E-state index in [0.717, 1.165) is 18.9 Å². The van der Waals surface area contributed by atoms with Gasteiger partial charge in [0.1, 0.15) is 0 Å². The highest BCUT2D eigenvalue weighted by Crippen LogP contribution is 2.34. The number of thiophene rings is 1. The smallest absolute Gasteiger partial charge is 0.237 e. The molecule has 3 rings (SSSR count). The number of hydrogen-bond acceptors (Lipinski definition) is 5. The van der Waals surface area contributed by atoms with Crippen molar-refractivity contribution in [2.24, 2.45) is 0 Å². The van der Waals surface area contributed by atoms with Gasteiger partial charge in [-0.25, -0.2) is 0 Å². The molecule has 0 aliphatic carbocycles. The predicted molar refractivity (Wildman–Crippen MR) is 68.9 cm³/mol. The highest BCUT2D eigenvalue weighted by molar-refractivity contribution is 7.10. The molecule has 1 saturated heterocycles. The Hall–Kier alpha value is -1.20. The second-order valence-electron chi connectivity index (χ2n) is 5.12. The molecule has 2 aromatic heterocycles. The zero-order valence-corrected chi connectivity index (χ0v) is 11.4. The molecule has 1 fully saturated rings. The Morgan fingerprint density at radius 3 is 3.00 bits per heavy atom. The van der Waals surface area contributed by atoms with Crippen molar-refractivity contribution in [1.82, 2.24) is 10.1 Å². The second-order valence-corrected chi connectivity index (χ2v) is 6.07. The molecule has 0 saturated carbocycles. The van der Waals surface area contributed by atoms with Crippen molar-refractivity contribution < 1.29 is 9.26 Å². The average Bonchev–Trinajstić information content (AvgIpc) is 3.12. The third-order valence-corrected chi connectivity index (χ3v) is 4.60. The maximum atomic E-state index is 5.46. The van der Waals surface area contributed by atoms with E-state index in [-0.39, 0.29) is 5.41 Å². The van der Waals surface area contributed by atoms with E-state index in [9.17, 15) is 0 Å². The van der Waals surface area contributed by atoms with Gasteiger partial charge in [-0.15, -0.1) is 11.3 Å². The molecule has 1 aliphatic rings. The molecule has 0 unspecified atom stereocenters. The zero-order chi connectivity index (χ0) is 12.6. The third-order valence-electron chi connectivity index (χ3n) is 3.41. The van der Waals surface area contributed by atoms with Crippen LogP contribution < -0.4 is 0 Å². The van der Waals surface area contributed by atoms with Gasteiger partial charge in [0.05, 0.1) is 12.0 Å². The number of ether oxygens (including phenoxy) is 1. The monoisotopic (exact) mass is 264 g/mol. The Morgan fingerprint density at radius 2 is 2.33 bits per heavy atom. The molecule has 2 aromatic rings. The minimum absolute atomic E-state index is 0.223. The first-order chi connectivity index (χ1) is 8.68. The number of hydrogen-bond donors (Lipinski definition) is 0. The molecular weight excluding hydrogens is 248 g/mol. The van der Waals surface area contributed by atoms with E-state index in [4.69, 9.17) is 9.26 Å². The zero-order valence-electron chi connectivity index (χ0n) is 10.5. The Balaban J connectivity index is 1.88. The van der Waals surface area contributed by atoms with Crippen LogP contribution in [-0.2, 0) is 10.2 Å². The van der Waals surface area contributed by atoms with Crippen molar-refractivity contribution in [2.45, 2.75) is 31.6 Å². The Kier molecular flexibility index (Phi) is 2.95. The Labute approximate surface area is 110 Å². The fourth-order valence-electron chi connectivity index (χ4n) is 2.13. The molecule has 0 amide bonds. The summed E-state index contributed by atoms with van der Waals surface area (Å²) in [5.74, 6) is 1.76. The van der Waals surface area contributed by atoms with Crippen LogP contribution in [0, 0.1) is 0 Å². The molecule has 0 bridgehead atoms. The summed E-state index contributed by atoms with van der Waals surface area (Å²) in [6, 6.07) is 4.15. The third kappa shape index (κ3) is 1.97. The van der Waals surface area contributed by atoms with Gasteiger partial charge in [0, 0.05) is 17.4 Å². The molecule has 0 N–H and O–H groups in total. The van der Waals surface area contributed by atoms with Gasteiger partial charge in [0.15, 0.2) is 5.82 Å². The van der Waals surface area contributed by atoms with Crippen LogP contribution in [0.15, 0.2) is 22.0 Å². The molecule has 0 spiro atoms.